The van der Waals surface area contributed by atoms with Gasteiger partial charge in [0.05, 0.1) is 18.4 Å². The molecule has 0 radical (unpaired) electrons. The summed E-state index contributed by atoms with van der Waals surface area (Å²) in [5, 5.41) is 9.17. The van der Waals surface area contributed by atoms with Gasteiger partial charge < -0.3 is 4.90 Å². The summed E-state index contributed by atoms with van der Waals surface area (Å²) in [4.78, 5) is 7.77. The predicted molar refractivity (Wildman–Crippen MR) is 61.4 cm³/mol. The van der Waals surface area contributed by atoms with Gasteiger partial charge in [-0.05, 0) is 6.07 Å². The second-order valence-electron chi connectivity index (χ2n) is 3.86. The van der Waals surface area contributed by atoms with E-state index in [0.717, 1.165) is 29.2 Å². The van der Waals surface area contributed by atoms with Gasteiger partial charge in [0, 0.05) is 19.7 Å². The van der Waals surface area contributed by atoms with Crippen molar-refractivity contribution in [3.8, 4) is 11.3 Å². The number of aromatic nitrogens is 4. The molecule has 3 heterocycles. The van der Waals surface area contributed by atoms with Crippen molar-refractivity contribution in [3.63, 3.8) is 0 Å². The second-order valence-corrected chi connectivity index (χ2v) is 4.25. The zero-order valence-corrected chi connectivity index (χ0v) is 9.73. The Labute approximate surface area is 97.7 Å². The smallest absolute Gasteiger partial charge is 0.129 e. The van der Waals surface area contributed by atoms with Crippen molar-refractivity contribution in [3.05, 3.63) is 23.1 Å². The minimum Gasteiger partial charge on any atom is -0.367 e. The van der Waals surface area contributed by atoms with E-state index in [1.807, 2.05) is 20.2 Å². The third-order valence-electron chi connectivity index (χ3n) is 2.69. The molecule has 16 heavy (non-hydrogen) atoms. The standard InChI is InChI=1S/C10H10ClN5/c1-15-5-7-10(14-16(2)13-7)6-3-9(11)12-4-8(6)15/h3-4H,5H2,1-2H3. The summed E-state index contributed by atoms with van der Waals surface area (Å²) in [6, 6.07) is 1.83. The molecule has 1 aliphatic rings. The quantitative estimate of drug-likeness (QED) is 0.649. The third kappa shape index (κ3) is 1.28. The van der Waals surface area contributed by atoms with E-state index in [0.29, 0.717) is 5.15 Å². The first-order chi connectivity index (χ1) is 7.65. The average Bonchev–Trinajstić information content (AvgIpc) is 2.59. The zero-order valence-electron chi connectivity index (χ0n) is 8.98. The van der Waals surface area contributed by atoms with E-state index >= 15 is 0 Å². The topological polar surface area (TPSA) is 46.8 Å². The minimum atomic E-state index is 0.477. The van der Waals surface area contributed by atoms with Crippen LogP contribution >= 0.6 is 11.6 Å². The molecular formula is C10H10ClN5. The van der Waals surface area contributed by atoms with Gasteiger partial charge in [0.2, 0.25) is 0 Å². The lowest BCUT2D eigenvalue weighted by atomic mass is 10.1. The Morgan fingerprint density at radius 2 is 2.12 bits per heavy atom. The summed E-state index contributed by atoms with van der Waals surface area (Å²) in [5.41, 5.74) is 3.91. The van der Waals surface area contributed by atoms with Crippen LogP contribution in [0.3, 0.4) is 0 Å². The molecular weight excluding hydrogens is 226 g/mol. The van der Waals surface area contributed by atoms with Gasteiger partial charge in [0.1, 0.15) is 16.5 Å². The monoisotopic (exact) mass is 235 g/mol. The van der Waals surface area contributed by atoms with Crippen molar-refractivity contribution in [2.45, 2.75) is 6.54 Å². The van der Waals surface area contributed by atoms with E-state index in [9.17, 15) is 0 Å². The molecule has 1 aliphatic heterocycles. The lowest BCUT2D eigenvalue weighted by Gasteiger charge is -2.25. The number of halogens is 1. The molecule has 0 amide bonds. The molecule has 2 aromatic heterocycles. The predicted octanol–water partition coefficient (Wildman–Crippen LogP) is 1.48. The first-order valence-corrected chi connectivity index (χ1v) is 5.30. The van der Waals surface area contributed by atoms with E-state index in [1.54, 1.807) is 11.0 Å². The maximum atomic E-state index is 5.91. The largest absolute Gasteiger partial charge is 0.367 e. The molecule has 5 nitrogen and oxygen atoms in total. The van der Waals surface area contributed by atoms with Crippen LogP contribution in [0.5, 0.6) is 0 Å². The Morgan fingerprint density at radius 3 is 2.94 bits per heavy atom. The van der Waals surface area contributed by atoms with Crippen LogP contribution in [0.4, 0.5) is 5.69 Å². The highest BCUT2D eigenvalue weighted by atomic mass is 35.5. The van der Waals surface area contributed by atoms with Crippen molar-refractivity contribution < 1.29 is 0 Å². The molecule has 82 valence electrons. The molecule has 0 atom stereocenters. The molecule has 0 unspecified atom stereocenters. The number of pyridine rings is 1. The number of hydrogen-bond donors (Lipinski definition) is 0. The highest BCUT2D eigenvalue weighted by molar-refractivity contribution is 6.29. The van der Waals surface area contributed by atoms with Crippen LogP contribution in [0.25, 0.3) is 11.3 Å². The Balaban J connectivity index is 2.29. The Kier molecular flexibility index (Phi) is 1.91. The van der Waals surface area contributed by atoms with Gasteiger partial charge in [-0.1, -0.05) is 11.6 Å². The first-order valence-electron chi connectivity index (χ1n) is 4.92. The normalized spacial score (nSPS) is 13.6. The van der Waals surface area contributed by atoms with E-state index in [-0.39, 0.29) is 0 Å². The van der Waals surface area contributed by atoms with Gasteiger partial charge in [0.25, 0.3) is 0 Å². The van der Waals surface area contributed by atoms with Gasteiger partial charge in [-0.2, -0.15) is 15.0 Å². The summed E-state index contributed by atoms with van der Waals surface area (Å²) in [6.45, 7) is 0.749. The molecule has 0 fully saturated rings. The van der Waals surface area contributed by atoms with Crippen molar-refractivity contribution in [2.75, 3.05) is 11.9 Å². The average molecular weight is 236 g/mol. The zero-order chi connectivity index (χ0) is 11.3. The fraction of sp³-hybridized carbons (Fsp3) is 0.300. The number of anilines is 1. The van der Waals surface area contributed by atoms with Crippen molar-refractivity contribution in [1.82, 2.24) is 20.0 Å². The van der Waals surface area contributed by atoms with Crippen molar-refractivity contribution >= 4 is 17.3 Å². The van der Waals surface area contributed by atoms with E-state index in [2.05, 4.69) is 20.1 Å². The molecule has 0 saturated heterocycles. The SMILES string of the molecule is CN1Cc2nn(C)nc2-c2cc(Cl)ncc21. The maximum absolute atomic E-state index is 5.91. The van der Waals surface area contributed by atoms with Gasteiger partial charge >= 0.3 is 0 Å². The highest BCUT2D eigenvalue weighted by Gasteiger charge is 2.24. The fourth-order valence-corrected chi connectivity index (χ4v) is 2.15. The number of hydrogen-bond acceptors (Lipinski definition) is 4. The van der Waals surface area contributed by atoms with Crippen LogP contribution in [0.15, 0.2) is 12.3 Å². The number of nitrogens with zero attached hydrogens (tertiary/aromatic N) is 5. The summed E-state index contributed by atoms with van der Waals surface area (Å²) < 4.78 is 0. The van der Waals surface area contributed by atoms with Crippen LogP contribution in [0.2, 0.25) is 5.15 Å². The molecule has 3 rings (SSSR count). The van der Waals surface area contributed by atoms with Crippen LogP contribution in [0.1, 0.15) is 5.69 Å². The first kappa shape index (κ1) is 9.59. The molecule has 0 N–H and O–H groups in total. The van der Waals surface area contributed by atoms with Crippen molar-refractivity contribution in [2.24, 2.45) is 7.05 Å². The third-order valence-corrected chi connectivity index (χ3v) is 2.89. The Bertz CT molecular complexity index is 562. The number of rotatable bonds is 0. The van der Waals surface area contributed by atoms with Gasteiger partial charge in [0.15, 0.2) is 0 Å². The molecule has 6 heteroatoms. The maximum Gasteiger partial charge on any atom is 0.129 e. The van der Waals surface area contributed by atoms with Crippen LogP contribution < -0.4 is 4.90 Å². The van der Waals surface area contributed by atoms with Crippen LogP contribution in [0, 0.1) is 0 Å². The van der Waals surface area contributed by atoms with E-state index in [1.165, 1.54) is 0 Å². The Hall–Kier alpha value is -1.62. The molecule has 0 aliphatic carbocycles. The van der Waals surface area contributed by atoms with Gasteiger partial charge in [-0.15, -0.1) is 0 Å². The van der Waals surface area contributed by atoms with E-state index < -0.39 is 0 Å². The summed E-state index contributed by atoms with van der Waals surface area (Å²) in [5.74, 6) is 0. The Morgan fingerprint density at radius 1 is 1.31 bits per heavy atom. The van der Waals surface area contributed by atoms with Crippen LogP contribution in [-0.4, -0.2) is 27.0 Å². The second kappa shape index (κ2) is 3.18. The van der Waals surface area contributed by atoms with Gasteiger partial charge in [-0.25, -0.2) is 4.98 Å². The fourth-order valence-electron chi connectivity index (χ4n) is 1.99. The summed E-state index contributed by atoms with van der Waals surface area (Å²) in [7, 11) is 3.83. The molecule has 2 aromatic rings. The van der Waals surface area contributed by atoms with Gasteiger partial charge in [-0.3, -0.25) is 0 Å². The summed E-state index contributed by atoms with van der Waals surface area (Å²) >= 11 is 5.91. The number of fused-ring (bicyclic) bond motifs is 3. The lowest BCUT2D eigenvalue weighted by Crippen LogP contribution is -2.21. The van der Waals surface area contributed by atoms with Crippen molar-refractivity contribution in [1.29, 1.82) is 0 Å². The molecule has 0 aromatic carbocycles. The van der Waals surface area contributed by atoms with E-state index in [4.69, 9.17) is 11.6 Å². The summed E-state index contributed by atoms with van der Waals surface area (Å²) in [6.07, 6.45) is 1.77. The lowest BCUT2D eigenvalue weighted by molar-refractivity contribution is 0.645. The molecule has 0 spiro atoms. The van der Waals surface area contributed by atoms with Crippen LogP contribution in [-0.2, 0) is 13.6 Å². The minimum absolute atomic E-state index is 0.477. The highest BCUT2D eigenvalue weighted by Crippen LogP contribution is 2.36. The number of aryl methyl sites for hydroxylation is 1. The molecule has 0 bridgehead atoms. The molecule has 0 saturated carbocycles.